The summed E-state index contributed by atoms with van der Waals surface area (Å²) < 4.78 is 1.68. The molecule has 164 valence electrons. The molecule has 6 nitrogen and oxygen atoms in total. The molecule has 0 fully saturated rings. The van der Waals surface area contributed by atoms with Gasteiger partial charge in [0, 0.05) is 36.0 Å². The SMILES string of the molecule is CCN(CC)c1ccc(NC(=O)Cn2nc(C)c3c(-c4cccc(C)c4)ccnc32)cc1. The average Bonchev–Trinajstić information content (AvgIpc) is 3.11. The van der Waals surface area contributed by atoms with E-state index >= 15 is 0 Å². The van der Waals surface area contributed by atoms with E-state index in [0.717, 1.165) is 46.7 Å². The molecule has 6 heteroatoms. The standard InChI is InChI=1S/C26H29N5O/c1-5-30(6-2)22-12-10-21(11-13-22)28-24(32)17-31-26-25(19(4)29-31)23(14-15-27-26)20-9-7-8-18(3)16-20/h7-16H,5-6,17H2,1-4H3,(H,28,32). The number of hydrogen-bond acceptors (Lipinski definition) is 4. The number of rotatable bonds is 7. The highest BCUT2D eigenvalue weighted by molar-refractivity contribution is 5.96. The largest absolute Gasteiger partial charge is 0.372 e. The second-order valence-electron chi connectivity index (χ2n) is 7.94. The third kappa shape index (κ3) is 4.35. The van der Waals surface area contributed by atoms with Gasteiger partial charge in [-0.3, -0.25) is 4.79 Å². The molecular weight excluding hydrogens is 398 g/mol. The summed E-state index contributed by atoms with van der Waals surface area (Å²) in [4.78, 5) is 19.6. The van der Waals surface area contributed by atoms with Gasteiger partial charge >= 0.3 is 0 Å². The minimum absolute atomic E-state index is 0.104. The van der Waals surface area contributed by atoms with E-state index in [1.54, 1.807) is 10.9 Å². The second kappa shape index (κ2) is 9.22. The number of hydrogen-bond donors (Lipinski definition) is 1. The molecule has 2 aromatic heterocycles. The van der Waals surface area contributed by atoms with Crippen LogP contribution in [0, 0.1) is 13.8 Å². The van der Waals surface area contributed by atoms with Crippen molar-refractivity contribution in [1.29, 1.82) is 0 Å². The van der Waals surface area contributed by atoms with Gasteiger partial charge in [0.2, 0.25) is 5.91 Å². The van der Waals surface area contributed by atoms with Crippen molar-refractivity contribution in [2.75, 3.05) is 23.3 Å². The third-order valence-corrected chi connectivity index (χ3v) is 5.71. The maximum absolute atomic E-state index is 12.8. The fourth-order valence-corrected chi connectivity index (χ4v) is 4.13. The molecule has 4 aromatic rings. The smallest absolute Gasteiger partial charge is 0.246 e. The summed E-state index contributed by atoms with van der Waals surface area (Å²) in [5.74, 6) is -0.132. The average molecular weight is 428 g/mol. The van der Waals surface area contributed by atoms with E-state index in [2.05, 4.69) is 65.3 Å². The predicted octanol–water partition coefficient (Wildman–Crippen LogP) is 5.20. The Morgan fingerprint density at radius 3 is 2.47 bits per heavy atom. The van der Waals surface area contributed by atoms with Gasteiger partial charge in [-0.1, -0.05) is 29.8 Å². The monoisotopic (exact) mass is 427 g/mol. The minimum Gasteiger partial charge on any atom is -0.372 e. The Morgan fingerprint density at radius 2 is 1.78 bits per heavy atom. The summed E-state index contributed by atoms with van der Waals surface area (Å²) in [6.45, 7) is 10.3. The molecule has 0 atom stereocenters. The molecule has 0 aliphatic carbocycles. The molecule has 1 N–H and O–H groups in total. The summed E-state index contributed by atoms with van der Waals surface area (Å²) >= 11 is 0. The Hall–Kier alpha value is -3.67. The Balaban J connectivity index is 1.56. The lowest BCUT2D eigenvalue weighted by atomic mass is 10.0. The van der Waals surface area contributed by atoms with Crippen LogP contribution in [0.25, 0.3) is 22.2 Å². The van der Waals surface area contributed by atoms with Gasteiger partial charge in [-0.15, -0.1) is 0 Å². The van der Waals surface area contributed by atoms with Crippen LogP contribution in [0.3, 0.4) is 0 Å². The number of benzene rings is 2. The summed E-state index contributed by atoms with van der Waals surface area (Å²) in [6, 6.07) is 18.3. The summed E-state index contributed by atoms with van der Waals surface area (Å²) in [6.07, 6.45) is 1.78. The van der Waals surface area contributed by atoms with E-state index in [1.807, 2.05) is 37.3 Å². The van der Waals surface area contributed by atoms with Crippen LogP contribution in [0.4, 0.5) is 11.4 Å². The number of carbonyl (C=O) groups is 1. The molecule has 32 heavy (non-hydrogen) atoms. The van der Waals surface area contributed by atoms with Crippen molar-refractivity contribution in [3.05, 3.63) is 72.1 Å². The number of aromatic nitrogens is 3. The number of fused-ring (bicyclic) bond motifs is 1. The zero-order valence-corrected chi connectivity index (χ0v) is 19.1. The topological polar surface area (TPSA) is 63.1 Å². The summed E-state index contributed by atoms with van der Waals surface area (Å²) in [5.41, 5.74) is 6.90. The first-order chi connectivity index (χ1) is 15.5. The van der Waals surface area contributed by atoms with Crippen LogP contribution >= 0.6 is 0 Å². The van der Waals surface area contributed by atoms with Crippen LogP contribution in [-0.4, -0.2) is 33.8 Å². The second-order valence-corrected chi connectivity index (χ2v) is 7.94. The number of carbonyl (C=O) groups excluding carboxylic acids is 1. The fraction of sp³-hybridized carbons (Fsp3) is 0.269. The number of pyridine rings is 1. The molecule has 4 rings (SSSR count). The molecule has 0 radical (unpaired) electrons. The molecule has 0 aliphatic rings. The number of amides is 1. The molecule has 0 unspecified atom stereocenters. The van der Waals surface area contributed by atoms with Crippen LogP contribution in [0.15, 0.2) is 60.8 Å². The zero-order valence-electron chi connectivity index (χ0n) is 19.1. The quantitative estimate of drug-likeness (QED) is 0.440. The molecule has 1 amide bonds. The van der Waals surface area contributed by atoms with E-state index in [-0.39, 0.29) is 12.5 Å². The Morgan fingerprint density at radius 1 is 1.03 bits per heavy atom. The molecule has 0 spiro atoms. The maximum Gasteiger partial charge on any atom is 0.246 e. The summed E-state index contributed by atoms with van der Waals surface area (Å²) in [7, 11) is 0. The maximum atomic E-state index is 12.8. The molecule has 2 heterocycles. The zero-order chi connectivity index (χ0) is 22.7. The van der Waals surface area contributed by atoms with E-state index in [0.29, 0.717) is 5.65 Å². The van der Waals surface area contributed by atoms with Gasteiger partial charge in [0.1, 0.15) is 6.54 Å². The first kappa shape index (κ1) is 21.6. The first-order valence-electron chi connectivity index (χ1n) is 11.0. The van der Waals surface area contributed by atoms with E-state index in [4.69, 9.17) is 0 Å². The van der Waals surface area contributed by atoms with Crippen LogP contribution in [-0.2, 0) is 11.3 Å². The third-order valence-electron chi connectivity index (χ3n) is 5.71. The van der Waals surface area contributed by atoms with Gasteiger partial charge in [0.25, 0.3) is 0 Å². The van der Waals surface area contributed by atoms with Gasteiger partial charge in [-0.25, -0.2) is 9.67 Å². The highest BCUT2D eigenvalue weighted by Gasteiger charge is 2.16. The molecular formula is C26H29N5O. The highest BCUT2D eigenvalue weighted by atomic mass is 16.2. The van der Waals surface area contributed by atoms with Gasteiger partial charge in [-0.05, 0) is 69.2 Å². The molecule has 0 saturated carbocycles. The lowest BCUT2D eigenvalue weighted by molar-refractivity contribution is -0.116. The highest BCUT2D eigenvalue weighted by Crippen LogP contribution is 2.30. The molecule has 2 aromatic carbocycles. The number of anilines is 2. The van der Waals surface area contributed by atoms with Crippen molar-refractivity contribution >= 4 is 28.3 Å². The van der Waals surface area contributed by atoms with Crippen molar-refractivity contribution < 1.29 is 4.79 Å². The Bertz CT molecular complexity index is 1240. The van der Waals surface area contributed by atoms with Crippen LogP contribution in [0.1, 0.15) is 25.1 Å². The number of nitrogens with one attached hydrogen (secondary N) is 1. The van der Waals surface area contributed by atoms with E-state index in [1.165, 1.54) is 5.56 Å². The Labute approximate surface area is 188 Å². The van der Waals surface area contributed by atoms with Gasteiger partial charge in [0.05, 0.1) is 5.69 Å². The first-order valence-corrected chi connectivity index (χ1v) is 11.0. The number of nitrogens with zero attached hydrogens (tertiary/aromatic N) is 4. The van der Waals surface area contributed by atoms with Crippen LogP contribution in [0.5, 0.6) is 0 Å². The molecule has 0 saturated heterocycles. The van der Waals surface area contributed by atoms with Crippen LogP contribution < -0.4 is 10.2 Å². The van der Waals surface area contributed by atoms with E-state index in [9.17, 15) is 4.79 Å². The van der Waals surface area contributed by atoms with Crippen molar-refractivity contribution in [3.63, 3.8) is 0 Å². The van der Waals surface area contributed by atoms with Crippen LogP contribution in [0.2, 0.25) is 0 Å². The lowest BCUT2D eigenvalue weighted by Gasteiger charge is -2.21. The Kier molecular flexibility index (Phi) is 6.21. The number of aryl methyl sites for hydroxylation is 2. The van der Waals surface area contributed by atoms with Crippen molar-refractivity contribution in [1.82, 2.24) is 14.8 Å². The van der Waals surface area contributed by atoms with Gasteiger partial charge in [0.15, 0.2) is 5.65 Å². The summed E-state index contributed by atoms with van der Waals surface area (Å²) in [5, 5.41) is 8.58. The minimum atomic E-state index is -0.132. The normalized spacial score (nSPS) is 11.0. The van der Waals surface area contributed by atoms with Crippen molar-refractivity contribution in [3.8, 4) is 11.1 Å². The van der Waals surface area contributed by atoms with Crippen molar-refractivity contribution in [2.45, 2.75) is 34.2 Å². The molecule has 0 aliphatic heterocycles. The van der Waals surface area contributed by atoms with Crippen molar-refractivity contribution in [2.24, 2.45) is 0 Å². The van der Waals surface area contributed by atoms with E-state index < -0.39 is 0 Å². The lowest BCUT2D eigenvalue weighted by Crippen LogP contribution is -2.22. The van der Waals surface area contributed by atoms with Gasteiger partial charge < -0.3 is 10.2 Å². The van der Waals surface area contributed by atoms with Gasteiger partial charge in [-0.2, -0.15) is 5.10 Å². The molecule has 0 bridgehead atoms. The fourth-order valence-electron chi connectivity index (χ4n) is 4.13. The predicted molar refractivity (Wildman–Crippen MR) is 131 cm³/mol.